The fraction of sp³-hybridized carbons (Fsp3) is 0.250. The molecule has 27 heavy (non-hydrogen) atoms. The molecule has 6 nitrogen and oxygen atoms in total. The minimum absolute atomic E-state index is 0.125. The van der Waals surface area contributed by atoms with Crippen LogP contribution in [0.25, 0.3) is 0 Å². The van der Waals surface area contributed by atoms with Crippen molar-refractivity contribution in [1.29, 1.82) is 0 Å². The van der Waals surface area contributed by atoms with E-state index in [-0.39, 0.29) is 18.0 Å². The summed E-state index contributed by atoms with van der Waals surface area (Å²) in [5, 5.41) is 0. The van der Waals surface area contributed by atoms with Gasteiger partial charge in [-0.3, -0.25) is 4.98 Å². The van der Waals surface area contributed by atoms with Gasteiger partial charge in [-0.25, -0.2) is 8.42 Å². The van der Waals surface area contributed by atoms with E-state index < -0.39 is 10.0 Å². The lowest BCUT2D eigenvalue weighted by molar-refractivity contribution is 0.317. The Kier molecular flexibility index (Phi) is 6.26. The van der Waals surface area contributed by atoms with Crippen LogP contribution < -0.4 is 4.74 Å². The first-order valence-electron chi connectivity index (χ1n) is 8.75. The van der Waals surface area contributed by atoms with Gasteiger partial charge in [-0.2, -0.15) is 4.31 Å². The second-order valence-corrected chi connectivity index (χ2v) is 7.93. The van der Waals surface area contributed by atoms with Crippen LogP contribution >= 0.6 is 0 Å². The van der Waals surface area contributed by atoms with Crippen LogP contribution in [-0.2, 0) is 23.1 Å². The van der Waals surface area contributed by atoms with Crippen LogP contribution in [-0.4, -0.2) is 24.3 Å². The van der Waals surface area contributed by atoms with Gasteiger partial charge >= 0.3 is 0 Å². The Morgan fingerprint density at radius 2 is 1.85 bits per heavy atom. The molecule has 0 fully saturated rings. The molecule has 0 bridgehead atoms. The topological polar surface area (TPSA) is 72.6 Å². The Bertz CT molecular complexity index is 924. The smallest absolute Gasteiger partial charge is 0.243 e. The molecule has 0 amide bonds. The van der Waals surface area contributed by atoms with Gasteiger partial charge in [0.2, 0.25) is 10.0 Å². The number of sulfonamides is 1. The first-order valence-corrected chi connectivity index (χ1v) is 10.2. The Balaban J connectivity index is 1.86. The highest BCUT2D eigenvalue weighted by Gasteiger charge is 2.26. The summed E-state index contributed by atoms with van der Waals surface area (Å²) in [4.78, 5) is 4.45. The number of hydrogen-bond donors (Lipinski definition) is 0. The van der Waals surface area contributed by atoms with E-state index in [1.807, 2.05) is 13.0 Å². The summed E-state index contributed by atoms with van der Waals surface area (Å²) in [6, 6.07) is 15.4. The van der Waals surface area contributed by atoms with E-state index in [2.05, 4.69) is 4.98 Å². The molecule has 0 saturated heterocycles. The summed E-state index contributed by atoms with van der Waals surface area (Å²) in [5.74, 6) is 1.22. The van der Waals surface area contributed by atoms with Crippen LogP contribution in [0.4, 0.5) is 0 Å². The van der Waals surface area contributed by atoms with Crippen LogP contribution in [0.15, 0.2) is 76.4 Å². The van der Waals surface area contributed by atoms with Crippen LogP contribution in [0.1, 0.15) is 24.8 Å². The van der Waals surface area contributed by atoms with Gasteiger partial charge in [-0.1, -0.05) is 13.0 Å². The summed E-state index contributed by atoms with van der Waals surface area (Å²) in [6.07, 6.45) is 4.06. The minimum Gasteiger partial charge on any atom is -0.494 e. The second-order valence-electron chi connectivity index (χ2n) is 5.99. The maximum absolute atomic E-state index is 13.2. The molecule has 7 heteroatoms. The van der Waals surface area contributed by atoms with Crippen molar-refractivity contribution in [3.63, 3.8) is 0 Å². The Hall–Kier alpha value is -2.64. The largest absolute Gasteiger partial charge is 0.494 e. The highest BCUT2D eigenvalue weighted by Crippen LogP contribution is 2.23. The normalized spacial score (nSPS) is 11.6. The minimum atomic E-state index is -3.73. The SMILES string of the molecule is CCCOc1ccc(S(=O)(=O)N(Cc2ccccn2)Cc2ccco2)cc1. The van der Waals surface area contributed by atoms with E-state index in [0.29, 0.717) is 23.8 Å². The third-order valence-corrected chi connectivity index (χ3v) is 5.72. The first kappa shape index (κ1) is 19.1. The molecule has 1 aromatic carbocycles. The molecule has 0 radical (unpaired) electrons. The summed E-state index contributed by atoms with van der Waals surface area (Å²) >= 11 is 0. The van der Waals surface area contributed by atoms with Gasteiger partial charge in [-0.15, -0.1) is 0 Å². The number of benzene rings is 1. The molecule has 0 spiro atoms. The Morgan fingerprint density at radius 3 is 2.48 bits per heavy atom. The molecule has 2 aromatic heterocycles. The maximum atomic E-state index is 13.2. The Morgan fingerprint density at radius 1 is 1.04 bits per heavy atom. The van der Waals surface area contributed by atoms with E-state index in [0.717, 1.165) is 6.42 Å². The molecule has 0 aliphatic heterocycles. The van der Waals surface area contributed by atoms with Crippen molar-refractivity contribution in [2.24, 2.45) is 0 Å². The first-order chi connectivity index (χ1) is 13.1. The van der Waals surface area contributed by atoms with Crippen LogP contribution in [0.5, 0.6) is 5.75 Å². The summed E-state index contributed by atoms with van der Waals surface area (Å²) in [6.45, 7) is 2.89. The number of pyridine rings is 1. The van der Waals surface area contributed by atoms with Crippen LogP contribution in [0, 0.1) is 0 Å². The zero-order valence-corrected chi connectivity index (χ0v) is 15.9. The van der Waals surface area contributed by atoms with Gasteiger partial charge < -0.3 is 9.15 Å². The molecule has 3 aromatic rings. The van der Waals surface area contributed by atoms with Crippen LogP contribution in [0.3, 0.4) is 0 Å². The molecule has 142 valence electrons. The lowest BCUT2D eigenvalue weighted by atomic mass is 10.3. The number of nitrogens with zero attached hydrogens (tertiary/aromatic N) is 2. The van der Waals surface area contributed by atoms with E-state index in [4.69, 9.17) is 9.15 Å². The number of ether oxygens (including phenoxy) is 1. The van der Waals surface area contributed by atoms with Crippen molar-refractivity contribution in [3.8, 4) is 5.75 Å². The van der Waals surface area contributed by atoms with Gasteiger partial charge in [0.1, 0.15) is 11.5 Å². The van der Waals surface area contributed by atoms with E-state index in [1.165, 1.54) is 10.6 Å². The molecular weight excluding hydrogens is 364 g/mol. The predicted molar refractivity (Wildman–Crippen MR) is 102 cm³/mol. The molecule has 0 atom stereocenters. The number of furan rings is 1. The monoisotopic (exact) mass is 386 g/mol. The fourth-order valence-corrected chi connectivity index (χ4v) is 3.93. The molecule has 2 heterocycles. The highest BCUT2D eigenvalue weighted by molar-refractivity contribution is 7.89. The molecule has 0 saturated carbocycles. The summed E-state index contributed by atoms with van der Waals surface area (Å²) in [7, 11) is -3.73. The van der Waals surface area contributed by atoms with Crippen molar-refractivity contribution in [2.75, 3.05) is 6.61 Å². The second kappa shape index (κ2) is 8.83. The number of rotatable bonds is 9. The summed E-state index contributed by atoms with van der Waals surface area (Å²) < 4.78 is 38.6. The fourth-order valence-electron chi connectivity index (χ4n) is 2.55. The lowest BCUT2D eigenvalue weighted by Gasteiger charge is -2.21. The van der Waals surface area contributed by atoms with Crippen molar-refractivity contribution in [3.05, 3.63) is 78.5 Å². The van der Waals surface area contributed by atoms with Gasteiger partial charge in [0.15, 0.2) is 0 Å². The average molecular weight is 386 g/mol. The van der Waals surface area contributed by atoms with Crippen molar-refractivity contribution in [1.82, 2.24) is 9.29 Å². The standard InChI is InChI=1S/C20H22N2O4S/c1-2-13-25-18-8-10-20(11-9-18)27(23,24)22(16-19-7-5-14-26-19)15-17-6-3-4-12-21-17/h3-12,14H,2,13,15-16H2,1H3. The average Bonchev–Trinajstić information content (AvgIpc) is 3.20. The Labute approximate surface area is 159 Å². The van der Waals surface area contributed by atoms with Gasteiger partial charge in [0.05, 0.1) is 36.5 Å². The third kappa shape index (κ3) is 4.96. The lowest BCUT2D eigenvalue weighted by Crippen LogP contribution is -2.30. The van der Waals surface area contributed by atoms with Crippen molar-refractivity contribution >= 4 is 10.0 Å². The maximum Gasteiger partial charge on any atom is 0.243 e. The number of aromatic nitrogens is 1. The molecule has 0 aliphatic rings. The zero-order valence-electron chi connectivity index (χ0n) is 15.1. The highest BCUT2D eigenvalue weighted by atomic mass is 32.2. The molecule has 0 aliphatic carbocycles. The van der Waals surface area contributed by atoms with Crippen molar-refractivity contribution < 1.29 is 17.6 Å². The summed E-state index contributed by atoms with van der Waals surface area (Å²) in [5.41, 5.74) is 0.663. The molecule has 3 rings (SSSR count). The van der Waals surface area contributed by atoms with E-state index in [9.17, 15) is 8.42 Å². The predicted octanol–water partition coefficient (Wildman–Crippen LogP) is 3.85. The van der Waals surface area contributed by atoms with E-state index >= 15 is 0 Å². The number of hydrogen-bond acceptors (Lipinski definition) is 5. The molecule has 0 unspecified atom stereocenters. The third-order valence-electron chi connectivity index (χ3n) is 3.91. The molecular formula is C20H22N2O4S. The van der Waals surface area contributed by atoms with Crippen LogP contribution in [0.2, 0.25) is 0 Å². The quantitative estimate of drug-likeness (QED) is 0.558. The van der Waals surface area contributed by atoms with E-state index in [1.54, 1.807) is 54.7 Å². The van der Waals surface area contributed by atoms with Gasteiger partial charge in [-0.05, 0) is 55.0 Å². The van der Waals surface area contributed by atoms with Gasteiger partial charge in [0, 0.05) is 6.20 Å². The van der Waals surface area contributed by atoms with Crippen molar-refractivity contribution in [2.45, 2.75) is 31.3 Å². The molecule has 0 N–H and O–H groups in total. The van der Waals surface area contributed by atoms with Gasteiger partial charge in [0.25, 0.3) is 0 Å². The zero-order chi connectivity index (χ0) is 19.1.